The molecule has 1 saturated heterocycles. The lowest BCUT2D eigenvalue weighted by atomic mass is 10.1. The van der Waals surface area contributed by atoms with Crippen molar-refractivity contribution in [1.29, 1.82) is 0 Å². The molecule has 1 aromatic rings. The van der Waals surface area contributed by atoms with Crippen LogP contribution in [-0.2, 0) is 0 Å². The smallest absolute Gasteiger partial charge is 0.272 e. The van der Waals surface area contributed by atoms with Gasteiger partial charge in [-0.2, -0.15) is 0 Å². The fourth-order valence-corrected chi connectivity index (χ4v) is 2.83. The number of hydrogen-bond acceptors (Lipinski definition) is 4. The monoisotopic (exact) mass is 305 g/mol. The van der Waals surface area contributed by atoms with E-state index in [0.717, 1.165) is 19.6 Å². The molecular formula is C16H23N3O3. The molecule has 120 valence electrons. The number of nitro groups is 1. The average molecular weight is 305 g/mol. The number of carbonyl (C=O) groups excluding carboxylic acids is 1. The highest BCUT2D eigenvalue weighted by atomic mass is 16.6. The number of rotatable bonds is 4. The molecule has 0 spiro atoms. The van der Waals surface area contributed by atoms with E-state index >= 15 is 0 Å². The standard InChI is InChI=1S/C16H23N3O3/c1-12(2)11-17-6-8-18(9-7-17)16(20)14-4-5-15(19(21)22)13(3)10-14/h4-5,10,12H,6-9,11H2,1-3H3. The summed E-state index contributed by atoms with van der Waals surface area (Å²) in [5, 5.41) is 10.8. The van der Waals surface area contributed by atoms with Crippen LogP contribution < -0.4 is 0 Å². The van der Waals surface area contributed by atoms with E-state index in [-0.39, 0.29) is 11.6 Å². The van der Waals surface area contributed by atoms with E-state index in [2.05, 4.69) is 18.7 Å². The highest BCUT2D eigenvalue weighted by molar-refractivity contribution is 5.94. The first-order valence-corrected chi connectivity index (χ1v) is 7.65. The molecule has 6 heteroatoms. The second kappa shape index (κ2) is 6.87. The Morgan fingerprint density at radius 3 is 2.41 bits per heavy atom. The molecule has 0 unspecified atom stereocenters. The number of carbonyl (C=O) groups is 1. The summed E-state index contributed by atoms with van der Waals surface area (Å²) in [7, 11) is 0. The lowest BCUT2D eigenvalue weighted by Gasteiger charge is -2.35. The largest absolute Gasteiger partial charge is 0.336 e. The van der Waals surface area contributed by atoms with E-state index in [0.29, 0.717) is 30.1 Å². The van der Waals surface area contributed by atoms with Crippen LogP contribution in [0, 0.1) is 23.0 Å². The summed E-state index contributed by atoms with van der Waals surface area (Å²) in [5.74, 6) is 0.585. The predicted octanol–water partition coefficient (Wildman–Crippen LogP) is 2.32. The molecule has 1 fully saturated rings. The molecule has 2 rings (SSSR count). The lowest BCUT2D eigenvalue weighted by Crippen LogP contribution is -2.49. The van der Waals surface area contributed by atoms with Gasteiger partial charge < -0.3 is 4.90 Å². The normalized spacial score (nSPS) is 16.1. The van der Waals surface area contributed by atoms with Crippen LogP contribution in [0.3, 0.4) is 0 Å². The van der Waals surface area contributed by atoms with E-state index in [9.17, 15) is 14.9 Å². The van der Waals surface area contributed by atoms with Crippen molar-refractivity contribution in [2.24, 2.45) is 5.92 Å². The first-order valence-electron chi connectivity index (χ1n) is 7.65. The van der Waals surface area contributed by atoms with Gasteiger partial charge in [0.05, 0.1) is 4.92 Å². The molecule has 0 radical (unpaired) electrons. The number of nitrogens with zero attached hydrogens (tertiary/aromatic N) is 3. The molecule has 0 N–H and O–H groups in total. The van der Waals surface area contributed by atoms with Crippen LogP contribution in [0.4, 0.5) is 5.69 Å². The molecule has 0 saturated carbocycles. The van der Waals surface area contributed by atoms with Gasteiger partial charge in [0.15, 0.2) is 0 Å². The molecule has 0 bridgehead atoms. The molecule has 0 aromatic heterocycles. The van der Waals surface area contributed by atoms with Crippen molar-refractivity contribution in [3.63, 3.8) is 0 Å². The van der Waals surface area contributed by atoms with Crippen LogP contribution in [0.2, 0.25) is 0 Å². The molecule has 6 nitrogen and oxygen atoms in total. The minimum Gasteiger partial charge on any atom is -0.336 e. The van der Waals surface area contributed by atoms with Crippen LogP contribution in [0.15, 0.2) is 18.2 Å². The van der Waals surface area contributed by atoms with E-state index < -0.39 is 4.92 Å². The molecule has 1 aliphatic heterocycles. The van der Waals surface area contributed by atoms with Gasteiger partial charge in [0, 0.05) is 49.9 Å². The van der Waals surface area contributed by atoms with Crippen molar-refractivity contribution in [2.75, 3.05) is 32.7 Å². The molecule has 1 aromatic carbocycles. The number of amides is 1. The average Bonchev–Trinajstić information content (AvgIpc) is 2.46. The summed E-state index contributed by atoms with van der Waals surface area (Å²) in [6.45, 7) is 10.3. The molecule has 22 heavy (non-hydrogen) atoms. The highest BCUT2D eigenvalue weighted by Gasteiger charge is 2.23. The van der Waals surface area contributed by atoms with Crippen molar-refractivity contribution in [3.8, 4) is 0 Å². The second-order valence-corrected chi connectivity index (χ2v) is 6.25. The number of aryl methyl sites for hydroxylation is 1. The van der Waals surface area contributed by atoms with Crippen molar-refractivity contribution in [3.05, 3.63) is 39.4 Å². The van der Waals surface area contributed by atoms with E-state index in [1.54, 1.807) is 19.1 Å². The summed E-state index contributed by atoms with van der Waals surface area (Å²) in [4.78, 5) is 27.1. The number of nitro benzene ring substituents is 1. The molecule has 1 amide bonds. The van der Waals surface area contributed by atoms with Gasteiger partial charge in [-0.1, -0.05) is 13.8 Å². The minimum atomic E-state index is -0.422. The van der Waals surface area contributed by atoms with Crippen LogP contribution in [0.25, 0.3) is 0 Å². The zero-order valence-corrected chi connectivity index (χ0v) is 13.4. The summed E-state index contributed by atoms with van der Waals surface area (Å²) < 4.78 is 0. The number of benzene rings is 1. The van der Waals surface area contributed by atoms with E-state index in [1.807, 2.05) is 4.90 Å². The van der Waals surface area contributed by atoms with Crippen molar-refractivity contribution >= 4 is 11.6 Å². The summed E-state index contributed by atoms with van der Waals surface area (Å²) in [6, 6.07) is 4.58. The number of hydrogen-bond donors (Lipinski definition) is 0. The Kier molecular flexibility index (Phi) is 5.13. The van der Waals surface area contributed by atoms with Gasteiger partial charge >= 0.3 is 0 Å². The first-order chi connectivity index (χ1) is 10.4. The zero-order chi connectivity index (χ0) is 16.3. The van der Waals surface area contributed by atoms with Crippen LogP contribution in [0.5, 0.6) is 0 Å². The van der Waals surface area contributed by atoms with E-state index in [1.165, 1.54) is 6.07 Å². The molecule has 0 aliphatic carbocycles. The quantitative estimate of drug-likeness (QED) is 0.632. The van der Waals surface area contributed by atoms with Gasteiger partial charge in [-0.15, -0.1) is 0 Å². The maximum Gasteiger partial charge on any atom is 0.272 e. The number of piperazine rings is 1. The SMILES string of the molecule is Cc1cc(C(=O)N2CCN(CC(C)C)CC2)ccc1[N+](=O)[O-]. The van der Waals surface area contributed by atoms with Gasteiger partial charge in [0.1, 0.15) is 0 Å². The van der Waals surface area contributed by atoms with Crippen LogP contribution in [0.1, 0.15) is 29.8 Å². The first kappa shape index (κ1) is 16.4. The van der Waals surface area contributed by atoms with Crippen molar-refractivity contribution in [2.45, 2.75) is 20.8 Å². The molecule has 1 aliphatic rings. The van der Waals surface area contributed by atoms with Crippen LogP contribution >= 0.6 is 0 Å². The second-order valence-electron chi connectivity index (χ2n) is 6.25. The summed E-state index contributed by atoms with van der Waals surface area (Å²) in [5.41, 5.74) is 1.10. The third kappa shape index (κ3) is 3.82. The van der Waals surface area contributed by atoms with Crippen molar-refractivity contribution < 1.29 is 9.72 Å². The fourth-order valence-electron chi connectivity index (χ4n) is 2.83. The van der Waals surface area contributed by atoms with Gasteiger partial charge in [0.25, 0.3) is 11.6 Å². The maximum atomic E-state index is 12.5. The Morgan fingerprint density at radius 2 is 1.91 bits per heavy atom. The highest BCUT2D eigenvalue weighted by Crippen LogP contribution is 2.20. The van der Waals surface area contributed by atoms with Gasteiger partial charge in [-0.3, -0.25) is 19.8 Å². The molecule has 0 atom stereocenters. The topological polar surface area (TPSA) is 66.7 Å². The summed E-state index contributed by atoms with van der Waals surface area (Å²) in [6.07, 6.45) is 0. The Hall–Kier alpha value is -1.95. The third-order valence-electron chi connectivity index (χ3n) is 3.92. The van der Waals surface area contributed by atoms with Gasteiger partial charge in [-0.05, 0) is 25.0 Å². The Labute approximate surface area is 130 Å². The van der Waals surface area contributed by atoms with Gasteiger partial charge in [0.2, 0.25) is 0 Å². The van der Waals surface area contributed by atoms with Crippen LogP contribution in [-0.4, -0.2) is 53.4 Å². The predicted molar refractivity (Wildman–Crippen MR) is 85.0 cm³/mol. The Morgan fingerprint density at radius 1 is 1.27 bits per heavy atom. The Bertz CT molecular complexity index is 564. The minimum absolute atomic E-state index is 0.0396. The van der Waals surface area contributed by atoms with E-state index in [4.69, 9.17) is 0 Å². The van der Waals surface area contributed by atoms with Gasteiger partial charge in [-0.25, -0.2) is 0 Å². The molecule has 1 heterocycles. The molecular weight excluding hydrogens is 282 g/mol. The third-order valence-corrected chi connectivity index (χ3v) is 3.92. The lowest BCUT2D eigenvalue weighted by molar-refractivity contribution is -0.385. The Balaban J connectivity index is 2.01. The van der Waals surface area contributed by atoms with Crippen molar-refractivity contribution in [1.82, 2.24) is 9.80 Å². The summed E-state index contributed by atoms with van der Waals surface area (Å²) >= 11 is 0. The maximum absolute atomic E-state index is 12.5. The zero-order valence-electron chi connectivity index (χ0n) is 13.4. The fraction of sp³-hybridized carbons (Fsp3) is 0.562.